The van der Waals surface area contributed by atoms with Crippen LogP contribution in [0.4, 0.5) is 0 Å². The third-order valence-corrected chi connectivity index (χ3v) is 5.75. The predicted octanol–water partition coefficient (Wildman–Crippen LogP) is 7.16. The topological polar surface area (TPSA) is 0 Å². The maximum Gasteiger partial charge on any atom is 0.0245 e. The van der Waals surface area contributed by atoms with Crippen molar-refractivity contribution in [2.75, 3.05) is 0 Å². The highest BCUT2D eigenvalue weighted by atomic mass is 14.3. The van der Waals surface area contributed by atoms with Crippen LogP contribution >= 0.6 is 0 Å². The average molecular weight is 325 g/mol. The standard InChI is InChI=1S/C24H36/c1-3-5-6-7-8-10-22-13-17-24(18-14-22)20-19-23-15-11-21(9-4-2)12-16-23/h11-12,15-16,22,24H,3,5-8,10,13-14,17-20H2,1-2H3. The molecule has 0 heteroatoms. The van der Waals surface area contributed by atoms with Crippen LogP contribution in [0.5, 0.6) is 0 Å². The minimum absolute atomic E-state index is 0.969. The van der Waals surface area contributed by atoms with Crippen LogP contribution in [0.25, 0.3) is 0 Å². The molecule has 0 amide bonds. The van der Waals surface area contributed by atoms with Crippen LogP contribution in [0.1, 0.15) is 95.6 Å². The summed E-state index contributed by atoms with van der Waals surface area (Å²) >= 11 is 0. The molecule has 0 bridgehead atoms. The van der Waals surface area contributed by atoms with Gasteiger partial charge in [0.25, 0.3) is 0 Å². The van der Waals surface area contributed by atoms with Crippen LogP contribution in [0.15, 0.2) is 24.3 Å². The lowest BCUT2D eigenvalue weighted by atomic mass is 9.77. The Hall–Kier alpha value is -1.22. The van der Waals surface area contributed by atoms with Crippen LogP contribution in [-0.4, -0.2) is 0 Å². The predicted molar refractivity (Wildman–Crippen MR) is 106 cm³/mol. The number of hydrogen-bond acceptors (Lipinski definition) is 0. The van der Waals surface area contributed by atoms with Crippen molar-refractivity contribution in [1.29, 1.82) is 0 Å². The first kappa shape index (κ1) is 19.1. The van der Waals surface area contributed by atoms with Gasteiger partial charge in [0.15, 0.2) is 0 Å². The van der Waals surface area contributed by atoms with Gasteiger partial charge in [0.1, 0.15) is 0 Å². The molecular formula is C24H36. The zero-order chi connectivity index (χ0) is 17.0. The molecule has 0 saturated heterocycles. The van der Waals surface area contributed by atoms with E-state index >= 15 is 0 Å². The van der Waals surface area contributed by atoms with Crippen LogP contribution in [-0.2, 0) is 6.42 Å². The SMILES string of the molecule is CC#Cc1ccc(CCC2CCC(CCCCCCC)CC2)cc1. The van der Waals surface area contributed by atoms with Gasteiger partial charge in [-0.25, -0.2) is 0 Å². The molecule has 1 aliphatic rings. The molecule has 24 heavy (non-hydrogen) atoms. The highest BCUT2D eigenvalue weighted by Crippen LogP contribution is 2.34. The van der Waals surface area contributed by atoms with Crippen molar-refractivity contribution in [3.8, 4) is 11.8 Å². The van der Waals surface area contributed by atoms with Crippen molar-refractivity contribution >= 4 is 0 Å². The summed E-state index contributed by atoms with van der Waals surface area (Å²) in [6.45, 7) is 4.20. The van der Waals surface area contributed by atoms with Crippen molar-refractivity contribution in [3.63, 3.8) is 0 Å². The second kappa shape index (κ2) is 11.4. The van der Waals surface area contributed by atoms with E-state index in [1.165, 1.54) is 82.6 Å². The first-order valence-electron chi connectivity index (χ1n) is 10.3. The maximum absolute atomic E-state index is 3.12. The molecule has 1 aliphatic carbocycles. The van der Waals surface area contributed by atoms with Gasteiger partial charge in [-0.15, -0.1) is 5.92 Å². The molecular weight excluding hydrogens is 288 g/mol. The molecule has 1 fully saturated rings. The lowest BCUT2D eigenvalue weighted by Crippen LogP contribution is -2.15. The van der Waals surface area contributed by atoms with E-state index in [-0.39, 0.29) is 0 Å². The van der Waals surface area contributed by atoms with Crippen molar-refractivity contribution in [2.45, 2.75) is 90.9 Å². The Morgan fingerprint density at radius 3 is 2.08 bits per heavy atom. The lowest BCUT2D eigenvalue weighted by Gasteiger charge is -2.28. The van der Waals surface area contributed by atoms with Crippen LogP contribution in [0, 0.1) is 23.7 Å². The third kappa shape index (κ3) is 7.12. The van der Waals surface area contributed by atoms with Crippen molar-refractivity contribution in [1.82, 2.24) is 0 Å². The Labute approximate surface area is 150 Å². The molecule has 132 valence electrons. The highest BCUT2D eigenvalue weighted by molar-refractivity contribution is 5.35. The lowest BCUT2D eigenvalue weighted by molar-refractivity contribution is 0.248. The van der Waals surface area contributed by atoms with Gasteiger partial charge in [0.2, 0.25) is 0 Å². The number of unbranched alkanes of at least 4 members (excludes halogenated alkanes) is 4. The first-order chi connectivity index (χ1) is 11.8. The Bertz CT molecular complexity index is 491. The molecule has 1 saturated carbocycles. The van der Waals surface area contributed by atoms with E-state index in [0.29, 0.717) is 0 Å². The number of hydrogen-bond donors (Lipinski definition) is 0. The molecule has 0 nitrogen and oxygen atoms in total. The molecule has 0 unspecified atom stereocenters. The highest BCUT2D eigenvalue weighted by Gasteiger charge is 2.20. The molecule has 0 N–H and O–H groups in total. The molecule has 0 heterocycles. The fourth-order valence-electron chi connectivity index (χ4n) is 4.12. The molecule has 0 aromatic heterocycles. The van der Waals surface area contributed by atoms with Gasteiger partial charge >= 0.3 is 0 Å². The van der Waals surface area contributed by atoms with E-state index in [4.69, 9.17) is 0 Å². The van der Waals surface area contributed by atoms with E-state index in [1.807, 2.05) is 6.92 Å². The summed E-state index contributed by atoms with van der Waals surface area (Å²) < 4.78 is 0. The van der Waals surface area contributed by atoms with Crippen LogP contribution in [0.3, 0.4) is 0 Å². The van der Waals surface area contributed by atoms with Crippen molar-refractivity contribution in [3.05, 3.63) is 35.4 Å². The molecule has 0 aliphatic heterocycles. The summed E-state index contributed by atoms with van der Waals surface area (Å²) in [5.74, 6) is 8.09. The Morgan fingerprint density at radius 1 is 0.833 bits per heavy atom. The fourth-order valence-corrected chi connectivity index (χ4v) is 4.12. The summed E-state index contributed by atoms with van der Waals surface area (Å²) in [4.78, 5) is 0. The Balaban J connectivity index is 1.59. The monoisotopic (exact) mass is 324 g/mol. The molecule has 0 atom stereocenters. The van der Waals surface area contributed by atoms with Gasteiger partial charge in [-0.3, -0.25) is 0 Å². The van der Waals surface area contributed by atoms with Gasteiger partial charge in [0, 0.05) is 5.56 Å². The summed E-state index contributed by atoms with van der Waals surface area (Å²) in [6.07, 6.45) is 17.2. The van der Waals surface area contributed by atoms with Gasteiger partial charge in [0.05, 0.1) is 0 Å². The zero-order valence-corrected chi connectivity index (χ0v) is 15.9. The Kier molecular flexibility index (Phi) is 9.04. The van der Waals surface area contributed by atoms with Gasteiger partial charge < -0.3 is 0 Å². The van der Waals surface area contributed by atoms with Gasteiger partial charge in [-0.05, 0) is 49.3 Å². The van der Waals surface area contributed by atoms with Crippen molar-refractivity contribution in [2.24, 2.45) is 11.8 Å². The molecule has 1 aromatic rings. The third-order valence-electron chi connectivity index (χ3n) is 5.75. The van der Waals surface area contributed by atoms with E-state index in [2.05, 4.69) is 43.0 Å². The van der Waals surface area contributed by atoms with Crippen LogP contribution in [0.2, 0.25) is 0 Å². The average Bonchev–Trinajstić information content (AvgIpc) is 2.62. The molecule has 0 spiro atoms. The molecule has 0 radical (unpaired) electrons. The minimum Gasteiger partial charge on any atom is -0.101 e. The smallest absolute Gasteiger partial charge is 0.0245 e. The van der Waals surface area contributed by atoms with Crippen molar-refractivity contribution < 1.29 is 0 Å². The van der Waals surface area contributed by atoms with Gasteiger partial charge in [-0.1, -0.05) is 89.2 Å². The summed E-state index contributed by atoms with van der Waals surface area (Å²) in [5.41, 5.74) is 2.62. The normalized spacial score (nSPS) is 20.4. The summed E-state index contributed by atoms with van der Waals surface area (Å²) in [7, 11) is 0. The second-order valence-electron chi connectivity index (χ2n) is 7.70. The number of rotatable bonds is 9. The maximum atomic E-state index is 3.12. The van der Waals surface area contributed by atoms with E-state index in [9.17, 15) is 0 Å². The molecule has 1 aromatic carbocycles. The van der Waals surface area contributed by atoms with E-state index in [0.717, 1.165) is 17.4 Å². The second-order valence-corrected chi connectivity index (χ2v) is 7.70. The number of benzene rings is 1. The van der Waals surface area contributed by atoms with E-state index < -0.39 is 0 Å². The van der Waals surface area contributed by atoms with Gasteiger partial charge in [-0.2, -0.15) is 0 Å². The first-order valence-corrected chi connectivity index (χ1v) is 10.3. The fraction of sp³-hybridized carbons (Fsp3) is 0.667. The number of aryl methyl sites for hydroxylation is 1. The quantitative estimate of drug-likeness (QED) is 0.334. The summed E-state index contributed by atoms with van der Waals surface area (Å²) in [5, 5.41) is 0. The zero-order valence-electron chi connectivity index (χ0n) is 15.9. The largest absolute Gasteiger partial charge is 0.101 e. The summed E-state index contributed by atoms with van der Waals surface area (Å²) in [6, 6.07) is 8.87. The minimum atomic E-state index is 0.969. The van der Waals surface area contributed by atoms with Crippen LogP contribution < -0.4 is 0 Å². The van der Waals surface area contributed by atoms with E-state index in [1.54, 1.807) is 0 Å². The Morgan fingerprint density at radius 2 is 1.46 bits per heavy atom. The molecule has 2 rings (SSSR count).